The van der Waals surface area contributed by atoms with E-state index in [1.165, 1.54) is 33.4 Å². The van der Waals surface area contributed by atoms with Crippen molar-refractivity contribution in [2.24, 2.45) is 17.6 Å². The zero-order valence-electron chi connectivity index (χ0n) is 82.6. The summed E-state index contributed by atoms with van der Waals surface area (Å²) >= 11 is 0. The zero-order valence-corrected chi connectivity index (χ0v) is 82.6. The van der Waals surface area contributed by atoms with Gasteiger partial charge in [-0.15, -0.1) is 0 Å². The van der Waals surface area contributed by atoms with E-state index >= 15 is 0 Å². The average Bonchev–Trinajstić information content (AvgIpc) is 1.78. The first-order valence-electron chi connectivity index (χ1n) is 49.5. The summed E-state index contributed by atoms with van der Waals surface area (Å²) in [6.07, 6.45) is 10.3. The highest BCUT2D eigenvalue weighted by atomic mass is 16.6. The quantitative estimate of drug-likeness (QED) is 0.0164. The van der Waals surface area contributed by atoms with Crippen molar-refractivity contribution in [3.63, 3.8) is 0 Å². The molecule has 8 aromatic carbocycles. The van der Waals surface area contributed by atoms with Crippen LogP contribution in [0.25, 0.3) is 0 Å². The zero-order chi connectivity index (χ0) is 98.1. The molecule has 6 saturated heterocycles. The number of methoxy groups -OCH3 is 1. The van der Waals surface area contributed by atoms with Crippen molar-refractivity contribution in [1.29, 1.82) is 0 Å². The normalized spacial score (nSPS) is 17.9. The first kappa shape index (κ1) is 110. The molecule has 16 rings (SSSR count). The van der Waals surface area contributed by atoms with Crippen molar-refractivity contribution in [3.8, 4) is 11.6 Å². The number of morpholine rings is 2. The predicted octanol–water partition coefficient (Wildman–Crippen LogP) is 15.7. The lowest BCUT2D eigenvalue weighted by molar-refractivity contribution is -0.156. The number of aliphatic hydroxyl groups is 1. The van der Waals surface area contributed by atoms with Crippen molar-refractivity contribution in [3.05, 3.63) is 316 Å². The van der Waals surface area contributed by atoms with Crippen LogP contribution in [0.3, 0.4) is 0 Å². The summed E-state index contributed by atoms with van der Waals surface area (Å²) in [5.74, 6) is 3.15. The number of carboxylic acids is 1. The molecule has 26 nitrogen and oxygen atoms in total. The van der Waals surface area contributed by atoms with Gasteiger partial charge in [0.25, 0.3) is 5.56 Å². The largest absolute Gasteiger partial charge is 0.497 e. The molecule has 0 radical (unpaired) electrons. The lowest BCUT2D eigenvalue weighted by Crippen LogP contribution is -2.41. The Bertz CT molecular complexity index is 5020. The van der Waals surface area contributed by atoms with Crippen LogP contribution in [0.15, 0.2) is 266 Å². The maximum Gasteiger partial charge on any atom is 0.308 e. The van der Waals surface area contributed by atoms with Crippen LogP contribution in [-0.4, -0.2) is 239 Å². The monoisotopic (exact) mass is 1910 g/mol. The number of aromatic amines is 1. The number of rotatable bonds is 33. The van der Waals surface area contributed by atoms with E-state index in [9.17, 15) is 19.2 Å². The van der Waals surface area contributed by atoms with E-state index < -0.39 is 11.6 Å². The Morgan fingerprint density at radius 1 is 0.482 bits per heavy atom. The molecule has 139 heavy (non-hydrogen) atoms. The third-order valence-electron chi connectivity index (χ3n) is 23.6. The van der Waals surface area contributed by atoms with Crippen molar-refractivity contribution in [1.82, 2.24) is 20.6 Å². The molecule has 0 spiro atoms. The Morgan fingerprint density at radius 3 is 1.46 bits per heavy atom. The number of benzene rings is 8. The van der Waals surface area contributed by atoms with Crippen LogP contribution < -0.4 is 51.0 Å². The fourth-order valence-corrected chi connectivity index (χ4v) is 16.5. The molecule has 8 heterocycles. The van der Waals surface area contributed by atoms with Crippen molar-refractivity contribution in [2.75, 3.05) is 185 Å². The van der Waals surface area contributed by atoms with Crippen LogP contribution >= 0.6 is 0 Å². The lowest BCUT2D eigenvalue weighted by Gasteiger charge is -2.33. The number of nitrogens with two attached hydrogens (primary N) is 1. The smallest absolute Gasteiger partial charge is 0.308 e. The molecule has 26 heteroatoms. The fraction of sp³-hybridized carbons (Fsp3) is 0.460. The molecular weight excluding hydrogens is 1760 g/mol. The molecule has 6 aliphatic heterocycles. The molecule has 7 atom stereocenters. The maximum atomic E-state index is 12.4. The number of esters is 1. The highest BCUT2D eigenvalue weighted by Crippen LogP contribution is 2.32. The number of hydrogen-bond donors (Lipinski definition) is 6. The summed E-state index contributed by atoms with van der Waals surface area (Å²) in [7, 11) is 1.67. The SMILES string of the molecule is COc1ccc(COc2cc(N3CCOCC3)cc(N3CCCOCC3Cc3ccccc3)n2)cc1.C[C@H](CO)Cc1ccccc1.C[C@H](COCCC(=O)OC(C)(C)C)Cc1ccccc1.N[C@H](COCCC(=O)O)Cc1ccccc1.O=C1CCOC[C@H](Cc2ccccc2)N1.O=c1cc(N2CCOCC2)cc(N2CCCOC[C@@H]2Cc2ccccc2)[nH]1.c1ccc(C[C@H]2COCCCN2)cc1. The summed E-state index contributed by atoms with van der Waals surface area (Å²) in [6, 6.07) is 89.2. The van der Waals surface area contributed by atoms with Crippen LogP contribution in [0.5, 0.6) is 11.6 Å². The van der Waals surface area contributed by atoms with Gasteiger partial charge in [-0.1, -0.05) is 238 Å². The summed E-state index contributed by atoms with van der Waals surface area (Å²) in [6.45, 7) is 27.1. The van der Waals surface area contributed by atoms with E-state index in [4.69, 9.17) is 73.0 Å². The van der Waals surface area contributed by atoms with Crippen molar-refractivity contribution < 1.29 is 76.7 Å². The molecular formula is C113H151N9O17. The third kappa shape index (κ3) is 44.3. The fourth-order valence-electron chi connectivity index (χ4n) is 16.5. The minimum atomic E-state index is -0.850. The Morgan fingerprint density at radius 2 is 0.935 bits per heavy atom. The van der Waals surface area contributed by atoms with E-state index in [0.29, 0.717) is 103 Å². The number of carbonyl (C=O) groups is 3. The molecule has 0 saturated carbocycles. The number of carbonyl (C=O) groups excluding carboxylic acids is 2. The molecule has 10 aromatic rings. The number of nitrogens with zero attached hydrogens (tertiary/aromatic N) is 5. The second kappa shape index (κ2) is 63.3. The molecule has 2 aromatic heterocycles. The molecule has 7 N–H and O–H groups in total. The number of aliphatic hydroxyl groups excluding tert-OH is 1. The van der Waals surface area contributed by atoms with E-state index in [-0.39, 0.29) is 61.2 Å². The number of aliphatic carboxylic acids is 1. The predicted molar refractivity (Wildman–Crippen MR) is 551 cm³/mol. The average molecular weight is 1910 g/mol. The number of pyridine rings is 2. The van der Waals surface area contributed by atoms with Crippen molar-refractivity contribution >= 4 is 40.9 Å². The Kier molecular flexibility index (Phi) is 50.0. The van der Waals surface area contributed by atoms with Gasteiger partial charge in [-0.2, -0.15) is 4.98 Å². The number of H-pyrrole nitrogens is 1. The van der Waals surface area contributed by atoms with E-state index in [2.05, 4.69) is 182 Å². The van der Waals surface area contributed by atoms with Crippen LogP contribution in [-0.2, 0) is 109 Å². The summed E-state index contributed by atoms with van der Waals surface area (Å²) < 4.78 is 61.2. The first-order valence-corrected chi connectivity index (χ1v) is 49.5. The van der Waals surface area contributed by atoms with Gasteiger partial charge in [0.15, 0.2) is 0 Å². The van der Waals surface area contributed by atoms with Gasteiger partial charge in [0.1, 0.15) is 29.6 Å². The van der Waals surface area contributed by atoms with E-state index in [1.807, 2.05) is 143 Å². The first-order chi connectivity index (χ1) is 67.7. The molecule has 750 valence electrons. The molecule has 1 unspecified atom stereocenters. The summed E-state index contributed by atoms with van der Waals surface area (Å²) in [5.41, 5.74) is 17.5. The Hall–Kier alpha value is -11.4. The minimum absolute atomic E-state index is 0.0259. The van der Waals surface area contributed by atoms with Gasteiger partial charge in [-0.3, -0.25) is 19.2 Å². The van der Waals surface area contributed by atoms with E-state index in [0.717, 1.165) is 190 Å². The van der Waals surface area contributed by atoms with Gasteiger partial charge in [-0.25, -0.2) is 0 Å². The molecule has 6 fully saturated rings. The second-order valence-corrected chi connectivity index (χ2v) is 36.8. The highest BCUT2D eigenvalue weighted by molar-refractivity contribution is 5.76. The van der Waals surface area contributed by atoms with Crippen LogP contribution in [0, 0.1) is 11.8 Å². The van der Waals surface area contributed by atoms with Gasteiger partial charge in [0.05, 0.1) is 117 Å². The molecule has 1 amide bonds. The van der Waals surface area contributed by atoms with Crippen molar-refractivity contribution in [2.45, 2.75) is 161 Å². The number of hydrogen-bond acceptors (Lipinski definition) is 23. The van der Waals surface area contributed by atoms with Gasteiger partial charge in [0, 0.05) is 126 Å². The maximum absolute atomic E-state index is 12.4. The third-order valence-corrected chi connectivity index (χ3v) is 23.6. The summed E-state index contributed by atoms with van der Waals surface area (Å²) in [4.78, 5) is 62.7. The topological polar surface area (TPSA) is 302 Å². The standard InChI is InChI=1S/C29H35N3O4.C21H27N3O3.C17H26O3.C12H17NO3.C12H15NO2.C12H17NO.C10H14O/c1-33-27-10-8-24(9-11-27)21-36-29-20-25(31-13-16-34-17-14-31)19-28(30-29)32-12-5-15-35-22-26(32)18-23-6-3-2-4-7-23;25-21-15-18(23-8-11-26-12-9-23)14-20(22-21)24-7-4-10-27-16-19(24)13-17-5-2-1-3-6-17;1-14(12-15-8-6-5-7-9-15)13-19-11-10-16(18)20-17(2,3)4;13-11(9-16-7-6-12(14)15)8-10-4-2-1-3-5-10;14-12-6-7-15-9-11(13-12)8-10-4-2-1-3-5-10;1-2-5-11(6-3-1)9-12-10-14-8-4-7-13-12;1-9(8-11)7-10-5-3-2-4-6-10/h2-4,6-11,19-20,26H,5,12-18,21-22H2,1H3;1-3,5-6,14-15,19H,4,7-13,16H2,(H,22,25);5-9,14H,10-13H2,1-4H3;1-5,11H,6-9,13H2,(H,14,15);1-5,11H,6-9H2,(H,13,14);1-3,5-6,12-13H,4,7-10H2;2-6,9,11H,7-8H2,1H3/t;19-;14-;2*11-;12-;9-/m.000000/s1. The molecule has 0 bridgehead atoms. The number of ether oxygens (including phenoxy) is 11. The van der Waals surface area contributed by atoms with Gasteiger partial charge >= 0.3 is 11.9 Å². The number of amides is 1. The minimum Gasteiger partial charge on any atom is -0.497 e. The molecule has 6 aliphatic rings. The number of anilines is 4. The lowest BCUT2D eigenvalue weighted by atomic mass is 10.0. The molecule has 0 aliphatic carbocycles. The second-order valence-electron chi connectivity index (χ2n) is 36.8. The van der Waals surface area contributed by atoms with E-state index in [1.54, 1.807) is 13.2 Å². The number of nitrogens with one attached hydrogen (secondary N) is 3. The van der Waals surface area contributed by atoms with Crippen LogP contribution in [0.2, 0.25) is 0 Å². The Labute approximate surface area is 823 Å². The van der Waals surface area contributed by atoms with Crippen LogP contribution in [0.4, 0.5) is 23.0 Å². The highest BCUT2D eigenvalue weighted by Gasteiger charge is 2.29. The van der Waals surface area contributed by atoms with Gasteiger partial charge in [-0.05, 0) is 160 Å². The number of aromatic nitrogens is 2. The summed E-state index contributed by atoms with van der Waals surface area (Å²) in [5, 5.41) is 23.7. The van der Waals surface area contributed by atoms with Gasteiger partial charge < -0.3 is 103 Å². The number of carboxylic acid groups (broad SMARTS) is 1. The van der Waals surface area contributed by atoms with Gasteiger partial charge in [0.2, 0.25) is 11.8 Å². The van der Waals surface area contributed by atoms with Crippen LogP contribution in [0.1, 0.15) is 118 Å². The Balaban J connectivity index is 0.000000173.